The minimum Gasteiger partial charge on any atom is -0.311 e. The van der Waals surface area contributed by atoms with Crippen molar-refractivity contribution in [2.45, 2.75) is 12.3 Å². The first-order valence-corrected chi connectivity index (χ1v) is 23.4. The van der Waals surface area contributed by atoms with Crippen molar-refractivity contribution in [2.75, 3.05) is 9.80 Å². The van der Waals surface area contributed by atoms with Gasteiger partial charge in [0.2, 0.25) is 0 Å². The van der Waals surface area contributed by atoms with Crippen molar-refractivity contribution in [3.8, 4) is 44.5 Å². The number of hydrogen-bond donors (Lipinski definition) is 0. The van der Waals surface area contributed by atoms with Gasteiger partial charge in [0.1, 0.15) is 0 Å². The number of hydrogen-bond acceptors (Lipinski definition) is 2. The summed E-state index contributed by atoms with van der Waals surface area (Å²) in [5.74, 6) is 0.214. The first kappa shape index (κ1) is 43.2. The van der Waals surface area contributed by atoms with E-state index >= 15 is 0 Å². The Balaban J connectivity index is 0.978. The SMILES string of the molecule is C=C/C(=C\C=C\c1ccccc1)N(c1ccc(-c2ccccc2)cc1)c1ccc(C2C=CC(N(c3ccc(-c4ccccc4)cc3)c3ccc(-c4ccccc4)cc3-c3ccccc3)=CC2)cc1. The van der Waals surface area contributed by atoms with Gasteiger partial charge >= 0.3 is 0 Å². The van der Waals surface area contributed by atoms with Gasteiger partial charge in [0.25, 0.3) is 0 Å². The summed E-state index contributed by atoms with van der Waals surface area (Å²) in [5, 5.41) is 0. The van der Waals surface area contributed by atoms with Crippen molar-refractivity contribution < 1.29 is 0 Å². The second-order valence-electron chi connectivity index (χ2n) is 16.9. The molecule has 0 aliphatic heterocycles. The first-order chi connectivity index (χ1) is 33.7. The van der Waals surface area contributed by atoms with Crippen LogP contribution in [0.1, 0.15) is 23.5 Å². The molecule has 1 aliphatic carbocycles. The minimum absolute atomic E-state index is 0.214. The fourth-order valence-corrected chi connectivity index (χ4v) is 9.08. The maximum absolute atomic E-state index is 4.28. The summed E-state index contributed by atoms with van der Waals surface area (Å²) in [6, 6.07) is 86.7. The van der Waals surface area contributed by atoms with Crippen LogP contribution in [0.5, 0.6) is 0 Å². The summed E-state index contributed by atoms with van der Waals surface area (Å²) in [5.41, 5.74) is 18.4. The van der Waals surface area contributed by atoms with E-state index < -0.39 is 0 Å². The van der Waals surface area contributed by atoms with Crippen LogP contribution in [0.4, 0.5) is 22.7 Å². The topological polar surface area (TPSA) is 6.48 Å². The minimum atomic E-state index is 0.214. The molecule has 0 amide bonds. The predicted octanol–water partition coefficient (Wildman–Crippen LogP) is 18.0. The van der Waals surface area contributed by atoms with E-state index in [0.717, 1.165) is 46.1 Å². The molecule has 9 aromatic rings. The average Bonchev–Trinajstić information content (AvgIpc) is 3.43. The molecular weight excluding hydrogens is 821 g/mol. The Morgan fingerprint density at radius 1 is 0.456 bits per heavy atom. The highest BCUT2D eigenvalue weighted by Gasteiger charge is 2.22. The van der Waals surface area contributed by atoms with Crippen LogP contribution in [0.3, 0.4) is 0 Å². The maximum Gasteiger partial charge on any atom is 0.0540 e. The predicted molar refractivity (Wildman–Crippen MR) is 290 cm³/mol. The molecule has 2 heteroatoms. The Kier molecular flexibility index (Phi) is 13.1. The molecule has 2 nitrogen and oxygen atoms in total. The van der Waals surface area contributed by atoms with Crippen LogP contribution < -0.4 is 9.80 Å². The van der Waals surface area contributed by atoms with Crippen LogP contribution >= 0.6 is 0 Å². The third-order valence-corrected chi connectivity index (χ3v) is 12.6. The lowest BCUT2D eigenvalue weighted by molar-refractivity contribution is 0.840. The van der Waals surface area contributed by atoms with Crippen molar-refractivity contribution in [2.24, 2.45) is 0 Å². The molecule has 0 N–H and O–H groups in total. The highest BCUT2D eigenvalue weighted by molar-refractivity contribution is 5.89. The van der Waals surface area contributed by atoms with Crippen LogP contribution in [0.15, 0.2) is 297 Å². The highest BCUT2D eigenvalue weighted by Crippen LogP contribution is 2.43. The molecule has 0 fully saturated rings. The zero-order valence-electron chi connectivity index (χ0n) is 38.0. The summed E-state index contributed by atoms with van der Waals surface area (Å²) in [6.07, 6.45) is 16.2. The monoisotopic (exact) mass is 872 g/mol. The van der Waals surface area contributed by atoms with E-state index in [4.69, 9.17) is 0 Å². The van der Waals surface area contributed by atoms with Gasteiger partial charge in [-0.05, 0) is 123 Å². The molecule has 0 saturated heterocycles. The quantitative estimate of drug-likeness (QED) is 0.100. The average molecular weight is 873 g/mol. The summed E-state index contributed by atoms with van der Waals surface area (Å²) >= 11 is 0. The second-order valence-corrected chi connectivity index (χ2v) is 16.9. The van der Waals surface area contributed by atoms with Gasteiger partial charge in [0, 0.05) is 39.9 Å². The summed E-state index contributed by atoms with van der Waals surface area (Å²) in [6.45, 7) is 4.28. The number of benzene rings is 9. The van der Waals surface area contributed by atoms with Crippen LogP contribution in [-0.4, -0.2) is 0 Å². The van der Waals surface area contributed by atoms with Gasteiger partial charge in [-0.2, -0.15) is 0 Å². The molecule has 10 rings (SSSR count). The Labute approximate surface area is 401 Å². The molecule has 1 atom stereocenters. The number of rotatable bonds is 14. The van der Waals surface area contributed by atoms with Crippen LogP contribution in [0.25, 0.3) is 50.6 Å². The molecule has 0 aromatic heterocycles. The van der Waals surface area contributed by atoms with E-state index in [1.54, 1.807) is 0 Å². The number of allylic oxidation sites excluding steroid dienone is 6. The zero-order chi connectivity index (χ0) is 45.9. The van der Waals surface area contributed by atoms with Crippen LogP contribution in [0.2, 0.25) is 0 Å². The third kappa shape index (κ3) is 9.77. The van der Waals surface area contributed by atoms with Crippen molar-refractivity contribution >= 4 is 28.8 Å². The smallest absolute Gasteiger partial charge is 0.0540 e. The van der Waals surface area contributed by atoms with Gasteiger partial charge in [0.15, 0.2) is 0 Å². The zero-order valence-corrected chi connectivity index (χ0v) is 38.0. The highest BCUT2D eigenvalue weighted by atomic mass is 15.2. The molecule has 0 saturated carbocycles. The summed E-state index contributed by atoms with van der Waals surface area (Å²) in [4.78, 5) is 4.71. The molecule has 1 aliphatic rings. The first-order valence-electron chi connectivity index (χ1n) is 23.4. The van der Waals surface area contributed by atoms with Gasteiger partial charge in [-0.3, -0.25) is 0 Å². The molecule has 68 heavy (non-hydrogen) atoms. The van der Waals surface area contributed by atoms with Gasteiger partial charge in [-0.1, -0.05) is 225 Å². The van der Waals surface area contributed by atoms with Crippen LogP contribution in [0, 0.1) is 0 Å². The Morgan fingerprint density at radius 3 is 1.43 bits per heavy atom. The molecular formula is C66H52N2. The molecule has 0 radical (unpaired) electrons. The van der Waals surface area contributed by atoms with E-state index in [0.29, 0.717) is 0 Å². The van der Waals surface area contributed by atoms with Crippen molar-refractivity contribution in [1.82, 2.24) is 0 Å². The summed E-state index contributed by atoms with van der Waals surface area (Å²) in [7, 11) is 0. The summed E-state index contributed by atoms with van der Waals surface area (Å²) < 4.78 is 0. The van der Waals surface area contributed by atoms with Gasteiger partial charge in [-0.15, -0.1) is 0 Å². The van der Waals surface area contributed by atoms with Gasteiger partial charge < -0.3 is 9.80 Å². The molecule has 0 spiro atoms. The Hall–Kier alpha value is -8.72. The molecule has 0 heterocycles. The Bertz CT molecular complexity index is 3200. The number of anilines is 4. The van der Waals surface area contributed by atoms with Gasteiger partial charge in [-0.25, -0.2) is 0 Å². The van der Waals surface area contributed by atoms with Crippen molar-refractivity contribution in [3.05, 3.63) is 308 Å². The lowest BCUT2D eigenvalue weighted by Gasteiger charge is -2.31. The standard InChI is InChI=1S/C66H52N2/c1-2-60(30-18-21-50-19-8-3-9-20-50)67(61-40-31-54(32-41-61)51-22-10-4-11-23-51)62-42-33-56(34-43-62)57-37-46-64(47-38-57)68(63-44-35-55(36-45-63)52-24-12-5-13-25-52)66-48-39-59(53-26-14-6-15-27-53)49-65(66)58-28-16-7-17-29-58/h2-37,39-49,57H,1,38H2/b21-18+,60-30+. The molecule has 0 bridgehead atoms. The maximum atomic E-state index is 4.28. The molecule has 1 unspecified atom stereocenters. The van der Waals surface area contributed by atoms with E-state index in [1.165, 1.54) is 50.1 Å². The normalized spacial score (nSPS) is 13.5. The number of nitrogens with zero attached hydrogens (tertiary/aromatic N) is 2. The van der Waals surface area contributed by atoms with E-state index in [2.05, 4.69) is 289 Å². The van der Waals surface area contributed by atoms with Gasteiger partial charge in [0.05, 0.1) is 5.69 Å². The second kappa shape index (κ2) is 20.6. The fraction of sp³-hybridized carbons (Fsp3) is 0.0303. The largest absolute Gasteiger partial charge is 0.311 e. The molecule has 9 aromatic carbocycles. The lowest BCUT2D eigenvalue weighted by Crippen LogP contribution is -2.18. The van der Waals surface area contributed by atoms with Crippen molar-refractivity contribution in [3.63, 3.8) is 0 Å². The third-order valence-electron chi connectivity index (χ3n) is 12.6. The Morgan fingerprint density at radius 2 is 0.912 bits per heavy atom. The van der Waals surface area contributed by atoms with E-state index in [1.807, 2.05) is 12.1 Å². The molecule has 326 valence electrons. The van der Waals surface area contributed by atoms with Crippen molar-refractivity contribution in [1.29, 1.82) is 0 Å². The van der Waals surface area contributed by atoms with E-state index in [-0.39, 0.29) is 5.92 Å². The lowest BCUT2D eigenvalue weighted by atomic mass is 9.90. The van der Waals surface area contributed by atoms with Crippen LogP contribution in [-0.2, 0) is 0 Å². The fourth-order valence-electron chi connectivity index (χ4n) is 9.08. The van der Waals surface area contributed by atoms with E-state index in [9.17, 15) is 0 Å².